The van der Waals surface area contributed by atoms with Crippen molar-refractivity contribution in [1.29, 1.82) is 0 Å². The second kappa shape index (κ2) is 8.31. The summed E-state index contributed by atoms with van der Waals surface area (Å²) in [5.41, 5.74) is 7.21. The highest BCUT2D eigenvalue weighted by Crippen LogP contribution is 2.30. The molecule has 3 rings (SSSR count). The number of nitrogens with two attached hydrogens (primary N) is 1. The maximum absolute atomic E-state index is 11.1. The largest absolute Gasteiger partial charge is 0.489 e. The zero-order chi connectivity index (χ0) is 18.4. The van der Waals surface area contributed by atoms with Crippen LogP contribution in [0.3, 0.4) is 0 Å². The first-order chi connectivity index (χ1) is 12.7. The fourth-order valence-corrected chi connectivity index (χ4v) is 3.11. The zero-order valence-corrected chi connectivity index (χ0v) is 14.6. The first-order valence-electron chi connectivity index (χ1n) is 7.84. The number of aromatic nitrogens is 1. The molecule has 1 aromatic heterocycles. The third kappa shape index (κ3) is 4.49. The van der Waals surface area contributed by atoms with Crippen LogP contribution in [-0.2, 0) is 6.61 Å². The van der Waals surface area contributed by atoms with Crippen molar-refractivity contribution in [3.05, 3.63) is 83.7 Å². The van der Waals surface area contributed by atoms with Crippen LogP contribution in [0, 0.1) is 0 Å². The molecule has 0 aliphatic heterocycles. The van der Waals surface area contributed by atoms with Crippen molar-refractivity contribution in [2.45, 2.75) is 16.4 Å². The van der Waals surface area contributed by atoms with Gasteiger partial charge in [0.15, 0.2) is 6.29 Å². The fourth-order valence-electron chi connectivity index (χ4n) is 2.24. The molecule has 0 saturated carbocycles. The van der Waals surface area contributed by atoms with E-state index >= 15 is 0 Å². The van der Waals surface area contributed by atoms with Crippen molar-refractivity contribution >= 4 is 24.0 Å². The van der Waals surface area contributed by atoms with Crippen LogP contribution in [0.15, 0.2) is 76.8 Å². The van der Waals surface area contributed by atoms with Crippen LogP contribution >= 0.6 is 11.8 Å². The van der Waals surface area contributed by atoms with Crippen molar-refractivity contribution in [2.24, 2.45) is 5.73 Å². The highest BCUT2D eigenvalue weighted by Gasteiger charge is 2.05. The molecule has 1 heterocycles. The lowest BCUT2D eigenvalue weighted by atomic mass is 10.1. The van der Waals surface area contributed by atoms with Crippen molar-refractivity contribution in [3.63, 3.8) is 0 Å². The van der Waals surface area contributed by atoms with Gasteiger partial charge in [0.05, 0.1) is 0 Å². The standard InChI is InChI=1S/C20H16N2O3S/c21-20(24)15-3-1-14(2-4-15)13-25-17-5-7-18(8-6-17)26-19-9-10-22-11-16(19)12-23/h1-12H,13H2,(H2,21,24). The number of nitrogens with zero attached hydrogens (tertiary/aromatic N) is 1. The molecule has 6 heteroatoms. The third-order valence-electron chi connectivity index (χ3n) is 3.63. The molecule has 2 aromatic carbocycles. The number of rotatable bonds is 7. The van der Waals surface area contributed by atoms with E-state index in [1.165, 1.54) is 11.8 Å². The number of ether oxygens (including phenoxy) is 1. The van der Waals surface area contributed by atoms with Crippen molar-refractivity contribution in [1.82, 2.24) is 4.98 Å². The van der Waals surface area contributed by atoms with E-state index in [0.29, 0.717) is 17.7 Å². The molecule has 130 valence electrons. The van der Waals surface area contributed by atoms with Crippen LogP contribution < -0.4 is 10.5 Å². The van der Waals surface area contributed by atoms with Gasteiger partial charge < -0.3 is 10.5 Å². The van der Waals surface area contributed by atoms with E-state index in [1.54, 1.807) is 24.5 Å². The Kier molecular flexibility index (Phi) is 5.66. The molecule has 0 radical (unpaired) electrons. The Morgan fingerprint density at radius 3 is 2.46 bits per heavy atom. The Balaban J connectivity index is 1.60. The maximum Gasteiger partial charge on any atom is 0.248 e. The van der Waals surface area contributed by atoms with Crippen LogP contribution in [0.1, 0.15) is 26.3 Å². The average molecular weight is 364 g/mol. The summed E-state index contributed by atoms with van der Waals surface area (Å²) in [7, 11) is 0. The van der Waals surface area contributed by atoms with Crippen LogP contribution in [0.4, 0.5) is 0 Å². The van der Waals surface area contributed by atoms with E-state index in [9.17, 15) is 9.59 Å². The monoisotopic (exact) mass is 364 g/mol. The Morgan fingerprint density at radius 2 is 1.81 bits per heavy atom. The summed E-state index contributed by atoms with van der Waals surface area (Å²) in [5.74, 6) is 0.288. The predicted molar refractivity (Wildman–Crippen MR) is 99.5 cm³/mol. The van der Waals surface area contributed by atoms with E-state index < -0.39 is 5.91 Å². The smallest absolute Gasteiger partial charge is 0.248 e. The summed E-state index contributed by atoms with van der Waals surface area (Å²) in [5, 5.41) is 0. The van der Waals surface area contributed by atoms with E-state index in [-0.39, 0.29) is 0 Å². The fraction of sp³-hybridized carbons (Fsp3) is 0.0500. The normalized spacial score (nSPS) is 10.3. The van der Waals surface area contributed by atoms with Crippen molar-refractivity contribution in [2.75, 3.05) is 0 Å². The van der Waals surface area contributed by atoms with Gasteiger partial charge in [0.1, 0.15) is 12.4 Å². The van der Waals surface area contributed by atoms with Gasteiger partial charge in [-0.05, 0) is 48.0 Å². The number of carbonyl (C=O) groups is 2. The lowest BCUT2D eigenvalue weighted by molar-refractivity contribution is 0.0999. The van der Waals surface area contributed by atoms with Gasteiger partial charge in [-0.3, -0.25) is 14.6 Å². The van der Waals surface area contributed by atoms with Gasteiger partial charge in [0.25, 0.3) is 0 Å². The number of amides is 1. The van der Waals surface area contributed by atoms with E-state index in [4.69, 9.17) is 10.5 Å². The molecule has 26 heavy (non-hydrogen) atoms. The molecule has 0 saturated heterocycles. The van der Waals surface area contributed by atoms with Crippen LogP contribution in [0.25, 0.3) is 0 Å². The molecule has 1 amide bonds. The summed E-state index contributed by atoms with van der Waals surface area (Å²) in [4.78, 5) is 27.9. The summed E-state index contributed by atoms with van der Waals surface area (Å²) in [6.45, 7) is 0.394. The quantitative estimate of drug-likeness (QED) is 0.646. The molecule has 0 aliphatic rings. The minimum absolute atomic E-state index is 0.394. The van der Waals surface area contributed by atoms with Gasteiger partial charge in [-0.2, -0.15) is 0 Å². The minimum atomic E-state index is -0.447. The number of primary amides is 1. The second-order valence-electron chi connectivity index (χ2n) is 5.45. The minimum Gasteiger partial charge on any atom is -0.489 e. The van der Waals surface area contributed by atoms with Gasteiger partial charge in [-0.15, -0.1) is 0 Å². The van der Waals surface area contributed by atoms with E-state index in [1.807, 2.05) is 42.5 Å². The predicted octanol–water partition coefficient (Wildman–Crippen LogP) is 3.72. The molecule has 0 spiro atoms. The SMILES string of the molecule is NC(=O)c1ccc(COc2ccc(Sc3ccncc3C=O)cc2)cc1. The highest BCUT2D eigenvalue weighted by molar-refractivity contribution is 7.99. The molecule has 0 fully saturated rings. The van der Waals surface area contributed by atoms with E-state index in [0.717, 1.165) is 27.4 Å². The van der Waals surface area contributed by atoms with Crippen LogP contribution in [0.2, 0.25) is 0 Å². The number of benzene rings is 2. The maximum atomic E-state index is 11.1. The molecule has 0 aliphatic carbocycles. The molecule has 2 N–H and O–H groups in total. The average Bonchev–Trinajstić information content (AvgIpc) is 2.68. The Hall–Kier alpha value is -3.12. The molecule has 5 nitrogen and oxygen atoms in total. The van der Waals surface area contributed by atoms with Crippen molar-refractivity contribution < 1.29 is 14.3 Å². The Labute approximate surface area is 155 Å². The van der Waals surface area contributed by atoms with Gasteiger partial charge in [0, 0.05) is 33.3 Å². The van der Waals surface area contributed by atoms with Gasteiger partial charge >= 0.3 is 0 Å². The Bertz CT molecular complexity index is 909. The number of carbonyl (C=O) groups excluding carboxylic acids is 2. The third-order valence-corrected chi connectivity index (χ3v) is 4.73. The number of hydrogen-bond donors (Lipinski definition) is 1. The summed E-state index contributed by atoms with van der Waals surface area (Å²) in [6, 6.07) is 16.4. The lowest BCUT2D eigenvalue weighted by Crippen LogP contribution is -2.10. The number of hydrogen-bond acceptors (Lipinski definition) is 5. The zero-order valence-electron chi connectivity index (χ0n) is 13.8. The van der Waals surface area contributed by atoms with Gasteiger partial charge in [0.2, 0.25) is 5.91 Å². The summed E-state index contributed by atoms with van der Waals surface area (Å²) < 4.78 is 5.75. The second-order valence-corrected chi connectivity index (χ2v) is 6.57. The molecular formula is C20H16N2O3S. The highest BCUT2D eigenvalue weighted by atomic mass is 32.2. The number of pyridine rings is 1. The Morgan fingerprint density at radius 1 is 1.08 bits per heavy atom. The molecule has 0 atom stereocenters. The molecular weight excluding hydrogens is 348 g/mol. The van der Waals surface area contributed by atoms with Gasteiger partial charge in [-0.25, -0.2) is 0 Å². The van der Waals surface area contributed by atoms with Crippen molar-refractivity contribution in [3.8, 4) is 5.75 Å². The molecule has 0 bridgehead atoms. The first-order valence-corrected chi connectivity index (χ1v) is 8.66. The molecule has 3 aromatic rings. The summed E-state index contributed by atoms with van der Waals surface area (Å²) in [6.07, 6.45) is 4.02. The van der Waals surface area contributed by atoms with Crippen LogP contribution in [0.5, 0.6) is 5.75 Å². The van der Waals surface area contributed by atoms with E-state index in [2.05, 4.69) is 4.98 Å². The first kappa shape index (κ1) is 17.7. The molecule has 0 unspecified atom stereocenters. The number of aldehydes is 1. The lowest BCUT2D eigenvalue weighted by Gasteiger charge is -2.08. The van der Waals surface area contributed by atoms with Gasteiger partial charge in [-0.1, -0.05) is 23.9 Å². The van der Waals surface area contributed by atoms with Crippen LogP contribution in [-0.4, -0.2) is 17.2 Å². The topological polar surface area (TPSA) is 82.3 Å². The summed E-state index contributed by atoms with van der Waals surface area (Å²) >= 11 is 1.50.